The maximum atomic E-state index is 12.5. The number of hydrogen-bond acceptors (Lipinski definition) is 4. The van der Waals surface area contributed by atoms with E-state index in [0.29, 0.717) is 51.4 Å². The number of nitrogens with zero attached hydrogens (tertiary/aromatic N) is 2. The Balaban J connectivity index is 1.70. The molecule has 0 bridgehead atoms. The summed E-state index contributed by atoms with van der Waals surface area (Å²) in [6.07, 6.45) is 2.60. The molecule has 2 saturated heterocycles. The first-order valence-corrected chi connectivity index (χ1v) is 6.94. The zero-order chi connectivity index (χ0) is 13.9. The lowest BCUT2D eigenvalue weighted by Gasteiger charge is -2.32. The fourth-order valence-electron chi connectivity index (χ4n) is 2.75. The lowest BCUT2D eigenvalue weighted by Crippen LogP contribution is -2.50. The van der Waals surface area contributed by atoms with Crippen LogP contribution in [0.3, 0.4) is 0 Å². The maximum Gasteiger partial charge on any atom is 0.245 e. The minimum Gasteiger partial charge on any atom is -0.467 e. The Kier molecular flexibility index (Phi) is 3.73. The van der Waals surface area contributed by atoms with Crippen molar-refractivity contribution in [2.45, 2.75) is 25.4 Å². The van der Waals surface area contributed by atoms with Crippen LogP contribution in [0, 0.1) is 0 Å². The molecule has 1 aromatic heterocycles. The molecule has 0 spiro atoms. The zero-order valence-electron chi connectivity index (χ0n) is 11.3. The van der Waals surface area contributed by atoms with Crippen molar-refractivity contribution in [1.29, 1.82) is 0 Å². The summed E-state index contributed by atoms with van der Waals surface area (Å²) in [6.45, 7) is 2.73. The van der Waals surface area contributed by atoms with Gasteiger partial charge >= 0.3 is 0 Å². The van der Waals surface area contributed by atoms with Gasteiger partial charge in [-0.3, -0.25) is 9.59 Å². The van der Waals surface area contributed by atoms with Crippen molar-refractivity contribution in [3.05, 3.63) is 24.2 Å². The number of rotatable bonds is 3. The third-order valence-corrected chi connectivity index (χ3v) is 3.84. The van der Waals surface area contributed by atoms with Gasteiger partial charge in [0.2, 0.25) is 11.8 Å². The molecule has 0 saturated carbocycles. The molecule has 20 heavy (non-hydrogen) atoms. The molecule has 6 heteroatoms. The summed E-state index contributed by atoms with van der Waals surface area (Å²) in [4.78, 5) is 27.9. The summed E-state index contributed by atoms with van der Waals surface area (Å²) >= 11 is 0. The molecule has 3 rings (SSSR count). The largest absolute Gasteiger partial charge is 0.467 e. The zero-order valence-corrected chi connectivity index (χ0v) is 11.3. The molecule has 2 fully saturated rings. The van der Waals surface area contributed by atoms with Gasteiger partial charge in [0.05, 0.1) is 26.0 Å². The van der Waals surface area contributed by atoms with E-state index >= 15 is 0 Å². The Labute approximate surface area is 117 Å². The summed E-state index contributed by atoms with van der Waals surface area (Å²) in [5.74, 6) is 0.763. The van der Waals surface area contributed by atoms with Crippen molar-refractivity contribution < 1.29 is 18.7 Å². The molecular weight excluding hydrogens is 260 g/mol. The molecule has 108 valence electrons. The van der Waals surface area contributed by atoms with Crippen molar-refractivity contribution >= 4 is 11.8 Å². The van der Waals surface area contributed by atoms with Crippen LogP contribution in [0.15, 0.2) is 22.8 Å². The predicted octanol–water partition coefficient (Wildman–Crippen LogP) is 0.629. The van der Waals surface area contributed by atoms with Crippen molar-refractivity contribution in [2.75, 3.05) is 26.3 Å². The van der Waals surface area contributed by atoms with E-state index in [4.69, 9.17) is 9.15 Å². The first-order chi connectivity index (χ1) is 9.75. The van der Waals surface area contributed by atoms with E-state index in [2.05, 4.69) is 0 Å². The molecule has 0 radical (unpaired) electrons. The molecule has 2 amide bonds. The van der Waals surface area contributed by atoms with Gasteiger partial charge < -0.3 is 19.0 Å². The van der Waals surface area contributed by atoms with Crippen LogP contribution in [0.1, 0.15) is 18.6 Å². The minimum atomic E-state index is -0.356. The van der Waals surface area contributed by atoms with Crippen LogP contribution < -0.4 is 0 Å². The average Bonchev–Trinajstić information content (AvgIpc) is 3.11. The highest BCUT2D eigenvalue weighted by atomic mass is 16.5. The minimum absolute atomic E-state index is 0.0213. The number of ether oxygens (including phenoxy) is 1. The van der Waals surface area contributed by atoms with E-state index in [1.54, 1.807) is 22.1 Å². The number of furan rings is 1. The van der Waals surface area contributed by atoms with Crippen molar-refractivity contribution in [2.24, 2.45) is 0 Å². The number of hydrogen-bond donors (Lipinski definition) is 0. The van der Waals surface area contributed by atoms with Crippen LogP contribution in [0.25, 0.3) is 0 Å². The quantitative estimate of drug-likeness (QED) is 0.813. The van der Waals surface area contributed by atoms with E-state index < -0.39 is 0 Å². The van der Waals surface area contributed by atoms with Crippen LogP contribution in [-0.2, 0) is 20.9 Å². The van der Waals surface area contributed by atoms with Crippen molar-refractivity contribution in [3.8, 4) is 0 Å². The monoisotopic (exact) mass is 278 g/mol. The maximum absolute atomic E-state index is 12.5. The number of amides is 2. The lowest BCUT2D eigenvalue weighted by atomic mass is 10.2. The summed E-state index contributed by atoms with van der Waals surface area (Å²) in [7, 11) is 0. The van der Waals surface area contributed by atoms with Crippen LogP contribution >= 0.6 is 0 Å². The van der Waals surface area contributed by atoms with Crippen LogP contribution in [0.5, 0.6) is 0 Å². The Hall–Kier alpha value is -1.82. The molecule has 1 atom stereocenters. The molecular formula is C14H18N2O4. The second-order valence-corrected chi connectivity index (χ2v) is 5.09. The van der Waals surface area contributed by atoms with E-state index in [9.17, 15) is 9.59 Å². The highest BCUT2D eigenvalue weighted by Gasteiger charge is 2.38. The number of carbonyl (C=O) groups excluding carboxylic acids is 2. The normalized spacial score (nSPS) is 23.4. The summed E-state index contributed by atoms with van der Waals surface area (Å²) in [6, 6.07) is 3.25. The average molecular weight is 278 g/mol. The topological polar surface area (TPSA) is 63.0 Å². The van der Waals surface area contributed by atoms with Gasteiger partial charge in [-0.15, -0.1) is 0 Å². The third-order valence-electron chi connectivity index (χ3n) is 3.84. The second-order valence-electron chi connectivity index (χ2n) is 5.09. The number of carbonyl (C=O) groups is 2. The first kappa shape index (κ1) is 13.2. The Bertz CT molecular complexity index is 479. The molecule has 2 aliphatic rings. The Morgan fingerprint density at radius 1 is 1.35 bits per heavy atom. The summed E-state index contributed by atoms with van der Waals surface area (Å²) in [5.41, 5.74) is 0. The standard InChI is InChI=1S/C14H18N2O4/c17-13-4-3-12(14(18)15-5-8-19-9-6-15)16(13)10-11-2-1-7-20-11/h1-2,7,12H,3-6,8-10H2/t12-/m1/s1. The fourth-order valence-corrected chi connectivity index (χ4v) is 2.75. The fraction of sp³-hybridized carbons (Fsp3) is 0.571. The van der Waals surface area contributed by atoms with Crippen molar-refractivity contribution in [1.82, 2.24) is 9.80 Å². The SMILES string of the molecule is O=C([C@H]1CCC(=O)N1Cc1ccco1)N1CCOCC1. The Morgan fingerprint density at radius 2 is 2.15 bits per heavy atom. The molecule has 0 N–H and O–H groups in total. The van der Waals surface area contributed by atoms with Gasteiger partial charge in [0.15, 0.2) is 0 Å². The van der Waals surface area contributed by atoms with E-state index in [0.717, 1.165) is 0 Å². The van der Waals surface area contributed by atoms with Gasteiger partial charge in [-0.25, -0.2) is 0 Å². The highest BCUT2D eigenvalue weighted by molar-refractivity contribution is 5.90. The number of morpholine rings is 1. The van der Waals surface area contributed by atoms with Gasteiger partial charge in [0.1, 0.15) is 11.8 Å². The molecule has 0 unspecified atom stereocenters. The second kappa shape index (κ2) is 5.66. The van der Waals surface area contributed by atoms with E-state index in [-0.39, 0.29) is 17.9 Å². The molecule has 0 aliphatic carbocycles. The van der Waals surface area contributed by atoms with E-state index in [1.165, 1.54) is 0 Å². The number of likely N-dealkylation sites (tertiary alicyclic amines) is 1. The smallest absolute Gasteiger partial charge is 0.245 e. The first-order valence-electron chi connectivity index (χ1n) is 6.94. The van der Waals surface area contributed by atoms with Gasteiger partial charge in [0.25, 0.3) is 0 Å². The molecule has 0 aromatic carbocycles. The van der Waals surface area contributed by atoms with Gasteiger partial charge in [0, 0.05) is 19.5 Å². The predicted molar refractivity (Wildman–Crippen MR) is 69.7 cm³/mol. The van der Waals surface area contributed by atoms with Crippen molar-refractivity contribution in [3.63, 3.8) is 0 Å². The summed E-state index contributed by atoms with van der Waals surface area (Å²) in [5, 5.41) is 0. The van der Waals surface area contributed by atoms with E-state index in [1.807, 2.05) is 6.07 Å². The van der Waals surface area contributed by atoms with Crippen LogP contribution in [0.2, 0.25) is 0 Å². The van der Waals surface area contributed by atoms with Crippen LogP contribution in [-0.4, -0.2) is 54.0 Å². The highest BCUT2D eigenvalue weighted by Crippen LogP contribution is 2.23. The lowest BCUT2D eigenvalue weighted by molar-refractivity contribution is -0.144. The summed E-state index contributed by atoms with van der Waals surface area (Å²) < 4.78 is 10.5. The third kappa shape index (κ3) is 2.56. The molecule has 3 heterocycles. The van der Waals surface area contributed by atoms with Crippen LogP contribution in [0.4, 0.5) is 0 Å². The Morgan fingerprint density at radius 3 is 2.85 bits per heavy atom. The molecule has 2 aliphatic heterocycles. The molecule has 6 nitrogen and oxygen atoms in total. The van der Waals surface area contributed by atoms with Gasteiger partial charge in [-0.05, 0) is 18.6 Å². The van der Waals surface area contributed by atoms with Gasteiger partial charge in [-0.2, -0.15) is 0 Å². The van der Waals surface area contributed by atoms with Gasteiger partial charge in [-0.1, -0.05) is 0 Å². The molecule has 1 aromatic rings.